The van der Waals surface area contributed by atoms with Crippen molar-refractivity contribution in [2.24, 2.45) is 5.73 Å². The number of rotatable bonds is 5. The molecular formula is C12H15NO2S. The second-order valence-electron chi connectivity index (χ2n) is 3.22. The Morgan fingerprint density at radius 3 is 2.75 bits per heavy atom. The largest absolute Gasteiger partial charge is 0.462 e. The molecule has 1 rings (SSSR count). The topological polar surface area (TPSA) is 52.3 Å². The third-order valence-electron chi connectivity index (χ3n) is 1.69. The number of nitrogens with two attached hydrogens (primary N) is 1. The van der Waals surface area contributed by atoms with Gasteiger partial charge in [0, 0.05) is 22.4 Å². The van der Waals surface area contributed by atoms with Crippen molar-refractivity contribution in [1.82, 2.24) is 0 Å². The lowest BCUT2D eigenvalue weighted by atomic mass is 10.4. The molecule has 0 spiro atoms. The second-order valence-corrected chi connectivity index (χ2v) is 4.39. The third kappa shape index (κ3) is 5.46. The zero-order valence-electron chi connectivity index (χ0n) is 9.18. The van der Waals surface area contributed by atoms with Crippen LogP contribution in [0.1, 0.15) is 6.92 Å². The van der Waals surface area contributed by atoms with Gasteiger partial charge < -0.3 is 10.5 Å². The zero-order chi connectivity index (χ0) is 11.8. The zero-order valence-corrected chi connectivity index (χ0v) is 10.00. The number of hydrogen-bond acceptors (Lipinski definition) is 4. The van der Waals surface area contributed by atoms with E-state index in [0.29, 0.717) is 12.3 Å². The highest BCUT2D eigenvalue weighted by atomic mass is 32.2. The Bertz CT molecular complexity index is 359. The number of allylic oxidation sites excluding steroid dienone is 1. The minimum absolute atomic E-state index is 0.381. The van der Waals surface area contributed by atoms with Crippen LogP contribution < -0.4 is 5.73 Å². The van der Waals surface area contributed by atoms with Gasteiger partial charge in [-0.15, -0.1) is 11.8 Å². The summed E-state index contributed by atoms with van der Waals surface area (Å²) in [6.07, 6.45) is 1.28. The predicted octanol–water partition coefficient (Wildman–Crippen LogP) is 2.18. The van der Waals surface area contributed by atoms with Crippen molar-refractivity contribution in [2.75, 3.05) is 12.4 Å². The first-order valence-electron chi connectivity index (χ1n) is 4.97. The quantitative estimate of drug-likeness (QED) is 0.369. The minimum atomic E-state index is -0.381. The fourth-order valence-corrected chi connectivity index (χ4v) is 1.80. The van der Waals surface area contributed by atoms with Crippen LogP contribution in [-0.2, 0) is 9.53 Å². The van der Waals surface area contributed by atoms with Crippen molar-refractivity contribution in [3.8, 4) is 0 Å². The van der Waals surface area contributed by atoms with Crippen LogP contribution in [0.15, 0.2) is 47.0 Å². The molecule has 0 amide bonds. The molecule has 0 saturated carbocycles. The molecule has 0 fully saturated rings. The summed E-state index contributed by atoms with van der Waals surface area (Å²) < 4.78 is 4.96. The van der Waals surface area contributed by atoms with E-state index in [1.807, 2.05) is 30.3 Å². The molecule has 16 heavy (non-hydrogen) atoms. The predicted molar refractivity (Wildman–Crippen MR) is 66.1 cm³/mol. The van der Waals surface area contributed by atoms with Gasteiger partial charge in [-0.25, -0.2) is 4.79 Å². The molecule has 1 aromatic rings. The van der Waals surface area contributed by atoms with E-state index in [0.717, 1.165) is 5.75 Å². The first-order chi connectivity index (χ1) is 7.68. The highest BCUT2D eigenvalue weighted by Gasteiger charge is 1.98. The van der Waals surface area contributed by atoms with Crippen LogP contribution >= 0.6 is 11.8 Å². The summed E-state index contributed by atoms with van der Waals surface area (Å²) in [5.41, 5.74) is 5.80. The van der Waals surface area contributed by atoms with Crippen molar-refractivity contribution in [3.63, 3.8) is 0 Å². The molecule has 3 nitrogen and oxygen atoms in total. The van der Waals surface area contributed by atoms with Crippen molar-refractivity contribution in [1.29, 1.82) is 0 Å². The Kier molecular flexibility index (Phi) is 5.50. The van der Waals surface area contributed by atoms with E-state index in [-0.39, 0.29) is 5.97 Å². The smallest absolute Gasteiger partial charge is 0.332 e. The van der Waals surface area contributed by atoms with Crippen LogP contribution in [0.4, 0.5) is 0 Å². The van der Waals surface area contributed by atoms with Gasteiger partial charge in [-0.1, -0.05) is 18.2 Å². The molecule has 0 aliphatic heterocycles. The summed E-state index contributed by atoms with van der Waals surface area (Å²) in [7, 11) is 0. The number of ether oxygens (including phenoxy) is 1. The molecule has 0 aliphatic carbocycles. The summed E-state index contributed by atoms with van der Waals surface area (Å²) >= 11 is 1.65. The van der Waals surface area contributed by atoms with E-state index in [2.05, 4.69) is 0 Å². The van der Waals surface area contributed by atoms with E-state index >= 15 is 0 Å². The van der Waals surface area contributed by atoms with Crippen LogP contribution in [-0.4, -0.2) is 18.3 Å². The van der Waals surface area contributed by atoms with Crippen LogP contribution in [0.2, 0.25) is 0 Å². The molecule has 0 saturated heterocycles. The van der Waals surface area contributed by atoms with Gasteiger partial charge in [0.15, 0.2) is 0 Å². The average molecular weight is 237 g/mol. The van der Waals surface area contributed by atoms with Gasteiger partial charge in [0.2, 0.25) is 0 Å². The normalized spacial score (nSPS) is 11.2. The SMILES string of the molecule is C/C(N)=C/C(=O)OCCSc1ccccc1. The van der Waals surface area contributed by atoms with Crippen molar-refractivity contribution in [2.45, 2.75) is 11.8 Å². The van der Waals surface area contributed by atoms with Gasteiger partial charge in [0.05, 0.1) is 0 Å². The Morgan fingerprint density at radius 1 is 1.44 bits per heavy atom. The van der Waals surface area contributed by atoms with Crippen LogP contribution in [0, 0.1) is 0 Å². The fourth-order valence-electron chi connectivity index (χ4n) is 1.05. The van der Waals surface area contributed by atoms with Crippen LogP contribution in [0.3, 0.4) is 0 Å². The summed E-state index contributed by atoms with van der Waals surface area (Å²) in [5, 5.41) is 0. The van der Waals surface area contributed by atoms with Crippen LogP contribution in [0.5, 0.6) is 0 Å². The molecule has 4 heteroatoms. The first kappa shape index (κ1) is 12.6. The molecule has 1 aromatic carbocycles. The van der Waals surface area contributed by atoms with Crippen LogP contribution in [0.25, 0.3) is 0 Å². The van der Waals surface area contributed by atoms with Gasteiger partial charge in [0.1, 0.15) is 6.61 Å². The van der Waals surface area contributed by atoms with E-state index in [1.54, 1.807) is 18.7 Å². The number of benzene rings is 1. The van der Waals surface area contributed by atoms with Gasteiger partial charge in [-0.05, 0) is 19.1 Å². The molecule has 86 valence electrons. The number of hydrogen-bond donors (Lipinski definition) is 1. The standard InChI is InChI=1S/C12H15NO2S/c1-10(13)9-12(14)15-7-8-16-11-5-3-2-4-6-11/h2-6,9H,7-8,13H2,1H3/b10-9-. The summed E-state index contributed by atoms with van der Waals surface area (Å²) in [4.78, 5) is 12.2. The summed E-state index contributed by atoms with van der Waals surface area (Å²) in [6.45, 7) is 2.04. The Morgan fingerprint density at radius 2 is 2.12 bits per heavy atom. The molecule has 2 N–H and O–H groups in total. The van der Waals surface area contributed by atoms with Crippen molar-refractivity contribution in [3.05, 3.63) is 42.1 Å². The molecule has 0 atom stereocenters. The van der Waals surface area contributed by atoms with Crippen molar-refractivity contribution >= 4 is 17.7 Å². The van der Waals surface area contributed by atoms with E-state index in [9.17, 15) is 4.79 Å². The number of thioether (sulfide) groups is 1. The number of carbonyl (C=O) groups excluding carboxylic acids is 1. The molecule has 0 aromatic heterocycles. The number of esters is 1. The van der Waals surface area contributed by atoms with E-state index in [4.69, 9.17) is 10.5 Å². The number of carbonyl (C=O) groups is 1. The monoisotopic (exact) mass is 237 g/mol. The van der Waals surface area contributed by atoms with Crippen molar-refractivity contribution < 1.29 is 9.53 Å². The highest BCUT2D eigenvalue weighted by Crippen LogP contribution is 2.16. The average Bonchev–Trinajstić information content (AvgIpc) is 2.25. The van der Waals surface area contributed by atoms with Gasteiger partial charge in [0.25, 0.3) is 0 Å². The minimum Gasteiger partial charge on any atom is -0.462 e. The molecule has 0 radical (unpaired) electrons. The van der Waals surface area contributed by atoms with Gasteiger partial charge in [-0.3, -0.25) is 0 Å². The first-order valence-corrected chi connectivity index (χ1v) is 5.95. The Hall–Kier alpha value is -1.42. The maximum absolute atomic E-state index is 11.1. The Labute approximate surface area is 99.7 Å². The lowest BCUT2D eigenvalue weighted by molar-refractivity contribution is -0.137. The molecule has 0 unspecified atom stereocenters. The van der Waals surface area contributed by atoms with Gasteiger partial charge >= 0.3 is 5.97 Å². The fraction of sp³-hybridized carbons (Fsp3) is 0.250. The lowest BCUT2D eigenvalue weighted by Gasteiger charge is -2.02. The highest BCUT2D eigenvalue weighted by molar-refractivity contribution is 7.99. The summed E-state index contributed by atoms with van der Waals surface area (Å²) in [5.74, 6) is 0.362. The van der Waals surface area contributed by atoms with E-state index < -0.39 is 0 Å². The molecule has 0 heterocycles. The van der Waals surface area contributed by atoms with Gasteiger partial charge in [-0.2, -0.15) is 0 Å². The summed E-state index contributed by atoms with van der Waals surface area (Å²) in [6, 6.07) is 9.98. The second kappa shape index (κ2) is 6.95. The molecule has 0 aliphatic rings. The third-order valence-corrected chi connectivity index (χ3v) is 2.66. The Balaban J connectivity index is 2.18. The maximum Gasteiger partial charge on any atom is 0.332 e. The van der Waals surface area contributed by atoms with E-state index in [1.165, 1.54) is 11.0 Å². The lowest BCUT2D eigenvalue weighted by Crippen LogP contribution is -2.06. The maximum atomic E-state index is 11.1. The molecular weight excluding hydrogens is 222 g/mol. The molecule has 0 bridgehead atoms.